The minimum atomic E-state index is -1.94. The normalized spacial score (nSPS) is 14.0. The highest BCUT2D eigenvalue weighted by Gasteiger charge is 2.40. The Labute approximate surface area is 468 Å². The quantitative estimate of drug-likeness (QED) is 0.0384. The Hall–Kier alpha value is -2.68. The molecule has 0 unspecified atom stereocenters. The van der Waals surface area contributed by atoms with E-state index in [1.165, 1.54) is 0 Å². The van der Waals surface area contributed by atoms with E-state index >= 15 is 0 Å². The number of fused-ring (bicyclic) bond motifs is 3. The molecule has 0 saturated heterocycles. The van der Waals surface area contributed by atoms with Crippen molar-refractivity contribution >= 4 is 62.4 Å². The summed E-state index contributed by atoms with van der Waals surface area (Å²) >= 11 is 0. The van der Waals surface area contributed by atoms with Gasteiger partial charge in [-0.05, 0) is 119 Å². The maximum absolute atomic E-state index is 13.3. The molecule has 0 radical (unpaired) electrons. The largest absolute Gasteiger partial charge is 0.463 e. The van der Waals surface area contributed by atoms with Crippen LogP contribution in [0.1, 0.15) is 100 Å². The van der Waals surface area contributed by atoms with Crippen LogP contribution in [0.3, 0.4) is 0 Å². The second kappa shape index (κ2) is 29.9. The molecule has 16 nitrogen and oxygen atoms in total. The predicted molar refractivity (Wildman–Crippen MR) is 318 cm³/mol. The van der Waals surface area contributed by atoms with Gasteiger partial charge in [0, 0.05) is 17.3 Å². The molecule has 0 saturated carbocycles. The van der Waals surface area contributed by atoms with E-state index in [4.69, 9.17) is 50.9 Å². The number of rotatable bonds is 34. The van der Waals surface area contributed by atoms with Crippen LogP contribution in [0.15, 0.2) is 36.4 Å². The SMILES string of the molecule is CC(C)(C)[Si](C)(C)OCCOCC(=O)Nc1ccc2c(c1)C(COC(=O)COCCOC(COCCO[Si](C)(C)C(C)(C)C)COCCO[Si](C)(C)C(C)(C)C)c1cc(NC(=O)COCCO[Si](C)(C)C(C)(C)C)ccc1-2. The van der Waals surface area contributed by atoms with Crippen LogP contribution in [0.25, 0.3) is 11.1 Å². The molecular formula is C57H102N2O14Si4. The topological polar surface area (TPSA) is 177 Å². The van der Waals surface area contributed by atoms with Crippen molar-refractivity contribution < 1.29 is 65.2 Å². The molecular weight excluding hydrogens is 1050 g/mol. The number of benzene rings is 2. The lowest BCUT2D eigenvalue weighted by Gasteiger charge is -2.36. The van der Waals surface area contributed by atoms with Crippen LogP contribution >= 0.6 is 0 Å². The number of carbonyl (C=O) groups is 3. The van der Waals surface area contributed by atoms with Gasteiger partial charge in [-0.1, -0.05) is 95.2 Å². The van der Waals surface area contributed by atoms with Gasteiger partial charge in [-0.15, -0.1) is 0 Å². The predicted octanol–water partition coefficient (Wildman–Crippen LogP) is 11.8. The molecule has 2 aromatic carbocycles. The van der Waals surface area contributed by atoms with E-state index in [1.54, 1.807) is 0 Å². The standard InChI is InChI=1S/C57H102N2O14Si4/c1-54(2,3)74(13,14)70-31-26-63-37-45(38-64-27-32-71-75(15,16)55(4,5)6)68-30-25-67-42-53(62)69-39-50-48-35-43(58-51(60)40-65-28-33-72-76(17,18)56(7,8)9)21-23-46(48)47-24-22-44(36-49(47)50)59-52(61)41-66-29-34-73-77(19,20)57(10,11)12/h21-24,35-36,45,50H,25-34,37-42H2,1-20H3,(H,58,60)(H,59,61). The highest BCUT2D eigenvalue weighted by molar-refractivity contribution is 6.75. The lowest BCUT2D eigenvalue weighted by atomic mass is 9.97. The molecule has 0 aromatic heterocycles. The first-order chi connectivity index (χ1) is 35.5. The Balaban J connectivity index is 1.65. The van der Waals surface area contributed by atoms with Gasteiger partial charge in [-0.2, -0.15) is 0 Å². The van der Waals surface area contributed by atoms with E-state index in [0.29, 0.717) is 77.4 Å². The van der Waals surface area contributed by atoms with Crippen molar-refractivity contribution in [2.75, 3.05) is 116 Å². The van der Waals surface area contributed by atoms with E-state index in [9.17, 15) is 14.4 Å². The number of ether oxygens (including phenoxy) is 7. The molecule has 2 amide bonds. The van der Waals surface area contributed by atoms with Gasteiger partial charge in [0.25, 0.3) is 0 Å². The number of esters is 1. The summed E-state index contributed by atoms with van der Waals surface area (Å²) in [5.41, 5.74) is 4.68. The second-order valence-electron chi connectivity index (χ2n) is 26.2. The Kier molecular flexibility index (Phi) is 26.6. The van der Waals surface area contributed by atoms with Crippen molar-refractivity contribution in [1.29, 1.82) is 0 Å². The molecule has 1 aliphatic carbocycles. The van der Waals surface area contributed by atoms with E-state index in [2.05, 4.69) is 146 Å². The second-order valence-corrected chi connectivity index (χ2v) is 45.4. The fourth-order valence-corrected chi connectivity index (χ4v) is 11.0. The smallest absolute Gasteiger partial charge is 0.332 e. The van der Waals surface area contributed by atoms with Crippen LogP contribution < -0.4 is 10.6 Å². The van der Waals surface area contributed by atoms with Gasteiger partial charge < -0.3 is 61.5 Å². The number of hydrogen-bond donors (Lipinski definition) is 2. The van der Waals surface area contributed by atoms with Gasteiger partial charge in [0.05, 0.1) is 79.3 Å². The molecule has 0 bridgehead atoms. The molecule has 0 aliphatic heterocycles. The molecule has 2 aromatic rings. The van der Waals surface area contributed by atoms with Gasteiger partial charge in [0.2, 0.25) is 11.8 Å². The fourth-order valence-electron chi connectivity index (χ4n) is 6.93. The van der Waals surface area contributed by atoms with Gasteiger partial charge in [0.15, 0.2) is 33.3 Å². The number of carbonyl (C=O) groups excluding carboxylic acids is 3. The lowest BCUT2D eigenvalue weighted by molar-refractivity contribution is -0.150. The summed E-state index contributed by atoms with van der Waals surface area (Å²) in [6.45, 7) is 47.6. The summed E-state index contributed by atoms with van der Waals surface area (Å²) in [4.78, 5) is 39.5. The molecule has 20 heteroatoms. The van der Waals surface area contributed by atoms with Crippen LogP contribution in [0.4, 0.5) is 11.4 Å². The monoisotopic (exact) mass is 1150 g/mol. The zero-order valence-electron chi connectivity index (χ0n) is 51.1. The molecule has 0 fully saturated rings. The Morgan fingerprint density at radius 1 is 0.455 bits per heavy atom. The molecule has 77 heavy (non-hydrogen) atoms. The first-order valence-electron chi connectivity index (χ1n) is 27.6. The molecule has 0 heterocycles. The summed E-state index contributed by atoms with van der Waals surface area (Å²) in [5.74, 6) is -1.58. The molecule has 2 N–H and O–H groups in total. The average molecular weight is 1150 g/mol. The molecule has 0 atom stereocenters. The van der Waals surface area contributed by atoms with Crippen molar-refractivity contribution in [3.63, 3.8) is 0 Å². The van der Waals surface area contributed by atoms with Gasteiger partial charge in [0.1, 0.15) is 32.5 Å². The molecule has 1 aliphatic rings. The van der Waals surface area contributed by atoms with E-state index < -0.39 is 45.2 Å². The third-order valence-electron chi connectivity index (χ3n) is 16.0. The lowest BCUT2D eigenvalue weighted by Crippen LogP contribution is -2.42. The number of hydrogen-bond acceptors (Lipinski definition) is 14. The van der Waals surface area contributed by atoms with Crippen LogP contribution in [0.2, 0.25) is 72.5 Å². The minimum Gasteiger partial charge on any atom is -0.463 e. The Morgan fingerprint density at radius 3 is 1.13 bits per heavy atom. The third-order valence-corrected chi connectivity index (χ3v) is 34.1. The van der Waals surface area contributed by atoms with Crippen LogP contribution in [-0.4, -0.2) is 163 Å². The number of nitrogens with one attached hydrogen (secondary N) is 2. The fraction of sp³-hybridized carbons (Fsp3) is 0.737. The average Bonchev–Trinajstić information content (AvgIpc) is 3.59. The van der Waals surface area contributed by atoms with Crippen LogP contribution in [0, 0.1) is 0 Å². The van der Waals surface area contributed by atoms with Crippen LogP contribution in [0.5, 0.6) is 0 Å². The maximum Gasteiger partial charge on any atom is 0.332 e. The summed E-state index contributed by atoms with van der Waals surface area (Å²) in [6, 6.07) is 11.3. The summed E-state index contributed by atoms with van der Waals surface area (Å²) in [5, 5.41) is 6.27. The third kappa shape index (κ3) is 22.6. The van der Waals surface area contributed by atoms with Crippen molar-refractivity contribution in [2.24, 2.45) is 0 Å². The molecule has 0 spiro atoms. The number of amides is 2. The molecule has 3 rings (SSSR count). The number of anilines is 2. The first-order valence-corrected chi connectivity index (χ1v) is 39.2. The van der Waals surface area contributed by atoms with Crippen molar-refractivity contribution in [3.05, 3.63) is 47.5 Å². The zero-order chi connectivity index (χ0) is 58.1. The summed E-state index contributed by atoms with van der Waals surface area (Å²) in [7, 11) is -7.70. The maximum atomic E-state index is 13.3. The van der Waals surface area contributed by atoms with Gasteiger partial charge >= 0.3 is 5.97 Å². The van der Waals surface area contributed by atoms with E-state index in [-0.39, 0.29) is 77.7 Å². The zero-order valence-corrected chi connectivity index (χ0v) is 55.1. The minimum absolute atomic E-state index is 0.0167. The first kappa shape index (κ1) is 68.6. The van der Waals surface area contributed by atoms with Gasteiger partial charge in [-0.25, -0.2) is 4.79 Å². The van der Waals surface area contributed by atoms with Crippen molar-refractivity contribution in [1.82, 2.24) is 0 Å². The van der Waals surface area contributed by atoms with E-state index in [1.807, 2.05) is 36.4 Å². The van der Waals surface area contributed by atoms with Gasteiger partial charge in [-0.3, -0.25) is 9.59 Å². The highest BCUT2D eigenvalue weighted by atomic mass is 28.4. The Morgan fingerprint density at radius 2 is 0.779 bits per heavy atom. The van der Waals surface area contributed by atoms with Crippen molar-refractivity contribution in [2.45, 2.75) is 168 Å². The highest BCUT2D eigenvalue weighted by Crippen LogP contribution is 2.47. The summed E-state index contributed by atoms with van der Waals surface area (Å²) in [6.07, 6.45) is -0.378. The summed E-state index contributed by atoms with van der Waals surface area (Å²) < 4.78 is 66.2. The van der Waals surface area contributed by atoms with Crippen molar-refractivity contribution in [3.8, 4) is 11.1 Å². The van der Waals surface area contributed by atoms with E-state index in [0.717, 1.165) is 22.3 Å². The molecule has 440 valence electrons. The Bertz CT molecular complexity index is 2030. The van der Waals surface area contributed by atoms with Crippen LogP contribution in [-0.2, 0) is 65.2 Å².